The van der Waals surface area contributed by atoms with E-state index in [4.69, 9.17) is 0 Å². The fraction of sp³-hybridized carbons (Fsp3) is 0.789. The predicted molar refractivity (Wildman–Crippen MR) is 99.4 cm³/mol. The van der Waals surface area contributed by atoms with Crippen molar-refractivity contribution in [1.29, 1.82) is 0 Å². The lowest BCUT2D eigenvalue weighted by molar-refractivity contribution is 0.165. The topological polar surface area (TPSA) is 53.4 Å². The van der Waals surface area contributed by atoms with Crippen LogP contribution in [0.4, 0.5) is 4.79 Å². The Hall–Kier alpha value is -1.56. The highest BCUT2D eigenvalue weighted by molar-refractivity contribution is 5.74. The van der Waals surface area contributed by atoms with Gasteiger partial charge in [0.25, 0.3) is 0 Å². The van der Waals surface area contributed by atoms with Crippen LogP contribution in [-0.4, -0.2) is 64.9 Å². The van der Waals surface area contributed by atoms with Crippen LogP contribution in [0.3, 0.4) is 0 Å². The smallest absolute Gasteiger partial charge is 0.317 e. The summed E-state index contributed by atoms with van der Waals surface area (Å²) in [5, 5.41) is 7.43. The number of hydrogen-bond acceptors (Lipinski definition) is 3. The zero-order valence-electron chi connectivity index (χ0n) is 15.6. The molecule has 0 unspecified atom stereocenters. The molecule has 0 spiro atoms. The molecule has 2 amide bonds. The van der Waals surface area contributed by atoms with E-state index in [1.54, 1.807) is 0 Å². The summed E-state index contributed by atoms with van der Waals surface area (Å²) in [5.74, 6) is 1.34. The largest absolute Gasteiger partial charge is 0.338 e. The molecule has 2 aliphatic rings. The molecule has 0 bridgehead atoms. The minimum absolute atomic E-state index is 0.138. The third-order valence-corrected chi connectivity index (χ3v) is 5.68. The van der Waals surface area contributed by atoms with Crippen molar-refractivity contribution in [2.75, 3.05) is 39.3 Å². The summed E-state index contributed by atoms with van der Waals surface area (Å²) in [6, 6.07) is 2.11. The van der Waals surface area contributed by atoms with Crippen LogP contribution >= 0.6 is 0 Å². The van der Waals surface area contributed by atoms with Gasteiger partial charge in [0.15, 0.2) is 0 Å². The minimum Gasteiger partial charge on any atom is -0.338 e. The molecule has 1 aromatic rings. The molecule has 25 heavy (non-hydrogen) atoms. The van der Waals surface area contributed by atoms with Crippen LogP contribution in [0.15, 0.2) is 18.5 Å². The Kier molecular flexibility index (Phi) is 6.73. The highest BCUT2D eigenvalue weighted by Gasteiger charge is 2.25. The summed E-state index contributed by atoms with van der Waals surface area (Å²) in [5.41, 5.74) is 0. The second kappa shape index (κ2) is 9.22. The van der Waals surface area contributed by atoms with Crippen molar-refractivity contribution in [2.24, 2.45) is 11.8 Å². The average Bonchev–Trinajstić information content (AvgIpc) is 3.30. The van der Waals surface area contributed by atoms with Gasteiger partial charge in [0.1, 0.15) is 0 Å². The number of nitrogens with zero attached hydrogens (tertiary/aromatic N) is 4. The van der Waals surface area contributed by atoms with Crippen LogP contribution in [0.5, 0.6) is 0 Å². The van der Waals surface area contributed by atoms with Crippen LogP contribution in [-0.2, 0) is 6.54 Å². The molecule has 1 atom stereocenters. The van der Waals surface area contributed by atoms with Gasteiger partial charge < -0.3 is 15.1 Å². The first-order valence-electron chi connectivity index (χ1n) is 9.97. The van der Waals surface area contributed by atoms with E-state index in [1.807, 2.05) is 28.0 Å². The molecular formula is C19H33N5O. The number of nitrogens with one attached hydrogen (secondary N) is 1. The molecule has 0 aromatic carbocycles. The molecule has 1 N–H and O–H groups in total. The van der Waals surface area contributed by atoms with Crippen LogP contribution < -0.4 is 5.32 Å². The molecule has 2 saturated heterocycles. The van der Waals surface area contributed by atoms with E-state index in [-0.39, 0.29) is 6.03 Å². The summed E-state index contributed by atoms with van der Waals surface area (Å²) in [4.78, 5) is 16.9. The molecule has 0 radical (unpaired) electrons. The molecule has 3 rings (SSSR count). The minimum atomic E-state index is 0.138. The molecule has 2 aliphatic heterocycles. The molecule has 0 aliphatic carbocycles. The Morgan fingerprint density at radius 1 is 1.16 bits per heavy atom. The zero-order valence-corrected chi connectivity index (χ0v) is 15.6. The first-order chi connectivity index (χ1) is 12.2. The normalized spacial score (nSPS) is 22.4. The van der Waals surface area contributed by atoms with E-state index in [0.717, 1.165) is 52.0 Å². The van der Waals surface area contributed by atoms with Crippen molar-refractivity contribution in [3.8, 4) is 0 Å². The summed E-state index contributed by atoms with van der Waals surface area (Å²) in [6.45, 7) is 9.35. The molecule has 0 saturated carbocycles. The average molecular weight is 348 g/mol. The number of aryl methyl sites for hydroxylation is 1. The lowest BCUT2D eigenvalue weighted by Gasteiger charge is -2.32. The molecule has 6 heteroatoms. The van der Waals surface area contributed by atoms with Gasteiger partial charge in [0.2, 0.25) is 0 Å². The quantitative estimate of drug-likeness (QED) is 0.824. The van der Waals surface area contributed by atoms with Crippen molar-refractivity contribution >= 4 is 6.03 Å². The molecular weight excluding hydrogens is 314 g/mol. The fourth-order valence-corrected chi connectivity index (χ4v) is 4.11. The molecule has 6 nitrogen and oxygen atoms in total. The maximum atomic E-state index is 12.4. The molecule has 140 valence electrons. The SMILES string of the molecule is CCCN1CC[C@@H](CNC(=O)N2CCC(CCn3cccn3)CC2)C1. The summed E-state index contributed by atoms with van der Waals surface area (Å²) < 4.78 is 2.00. The summed E-state index contributed by atoms with van der Waals surface area (Å²) in [7, 11) is 0. The summed E-state index contributed by atoms with van der Waals surface area (Å²) in [6.07, 6.45) is 9.67. The Bertz CT molecular complexity index is 510. The zero-order chi connectivity index (χ0) is 17.5. The maximum Gasteiger partial charge on any atom is 0.317 e. The highest BCUT2D eigenvalue weighted by atomic mass is 16.2. The van der Waals surface area contributed by atoms with Crippen LogP contribution in [0.25, 0.3) is 0 Å². The van der Waals surface area contributed by atoms with Gasteiger partial charge in [-0.15, -0.1) is 0 Å². The molecule has 3 heterocycles. The number of rotatable bonds is 7. The van der Waals surface area contributed by atoms with Crippen molar-refractivity contribution in [2.45, 2.75) is 45.6 Å². The van der Waals surface area contributed by atoms with Gasteiger partial charge in [-0.1, -0.05) is 6.92 Å². The third-order valence-electron chi connectivity index (χ3n) is 5.68. The Labute approximate surface area is 151 Å². The van der Waals surface area contributed by atoms with Crippen molar-refractivity contribution in [3.05, 3.63) is 18.5 Å². The first-order valence-corrected chi connectivity index (χ1v) is 9.97. The number of aromatic nitrogens is 2. The van der Waals surface area contributed by atoms with Crippen LogP contribution in [0.1, 0.15) is 39.0 Å². The maximum absolute atomic E-state index is 12.4. The second-order valence-electron chi connectivity index (χ2n) is 7.63. The third kappa shape index (κ3) is 5.46. The molecule has 2 fully saturated rings. The van der Waals surface area contributed by atoms with E-state index in [2.05, 4.69) is 22.2 Å². The molecule has 1 aromatic heterocycles. The number of hydrogen-bond donors (Lipinski definition) is 1. The Morgan fingerprint density at radius 2 is 1.96 bits per heavy atom. The van der Waals surface area contributed by atoms with Crippen LogP contribution in [0.2, 0.25) is 0 Å². The van der Waals surface area contributed by atoms with E-state index >= 15 is 0 Å². The van der Waals surface area contributed by atoms with E-state index in [1.165, 1.54) is 25.9 Å². The van der Waals surface area contributed by atoms with Gasteiger partial charge in [0, 0.05) is 45.1 Å². The standard InChI is InChI=1S/C19H33N5O/c1-2-9-22-11-4-18(16-22)15-20-19(25)23-12-5-17(6-13-23)7-14-24-10-3-8-21-24/h3,8,10,17-18H,2,4-7,9,11-16H2,1H3,(H,20,25)/t18-/m0/s1. The number of carbonyl (C=O) groups is 1. The number of carbonyl (C=O) groups excluding carboxylic acids is 1. The predicted octanol–water partition coefficient (Wildman–Crippen LogP) is 2.43. The number of urea groups is 1. The van der Waals surface area contributed by atoms with Crippen LogP contribution in [0, 0.1) is 11.8 Å². The van der Waals surface area contributed by atoms with Gasteiger partial charge in [-0.3, -0.25) is 4.68 Å². The monoisotopic (exact) mass is 347 g/mol. The Morgan fingerprint density at radius 3 is 2.68 bits per heavy atom. The van der Waals surface area contributed by atoms with Gasteiger partial charge >= 0.3 is 6.03 Å². The van der Waals surface area contributed by atoms with Gasteiger partial charge in [0.05, 0.1) is 0 Å². The lowest BCUT2D eigenvalue weighted by atomic mass is 9.94. The van der Waals surface area contributed by atoms with Gasteiger partial charge in [-0.2, -0.15) is 5.10 Å². The highest BCUT2D eigenvalue weighted by Crippen LogP contribution is 2.21. The van der Waals surface area contributed by atoms with Crippen molar-refractivity contribution in [1.82, 2.24) is 24.9 Å². The van der Waals surface area contributed by atoms with Crippen molar-refractivity contribution in [3.63, 3.8) is 0 Å². The van der Waals surface area contributed by atoms with Gasteiger partial charge in [-0.05, 0) is 63.1 Å². The second-order valence-corrected chi connectivity index (χ2v) is 7.63. The Balaban J connectivity index is 1.30. The summed E-state index contributed by atoms with van der Waals surface area (Å²) >= 11 is 0. The van der Waals surface area contributed by atoms with Crippen molar-refractivity contribution < 1.29 is 4.79 Å². The van der Waals surface area contributed by atoms with E-state index in [9.17, 15) is 4.79 Å². The van der Waals surface area contributed by atoms with E-state index < -0.39 is 0 Å². The lowest BCUT2D eigenvalue weighted by Crippen LogP contribution is -2.46. The number of likely N-dealkylation sites (tertiary alicyclic amines) is 2. The van der Waals surface area contributed by atoms with Gasteiger partial charge in [-0.25, -0.2) is 4.79 Å². The number of amides is 2. The first kappa shape index (κ1) is 18.2. The fourth-order valence-electron chi connectivity index (χ4n) is 4.11. The van der Waals surface area contributed by atoms with E-state index in [0.29, 0.717) is 11.8 Å². The number of piperidine rings is 1.